The number of nitro benzene ring substituents is 1. The molecule has 0 radical (unpaired) electrons. The molecular formula is C11H12BrFN2O4. The van der Waals surface area contributed by atoms with E-state index in [1.807, 2.05) is 0 Å². The Hall–Kier alpha value is -1.70. The number of anilines is 1. The molecule has 1 aromatic rings. The molecule has 0 aliphatic carbocycles. The number of hydrogen-bond acceptors (Lipinski definition) is 4. The molecule has 0 bridgehead atoms. The molecule has 0 aliphatic rings. The van der Waals surface area contributed by atoms with Crippen molar-refractivity contribution in [3.63, 3.8) is 0 Å². The van der Waals surface area contributed by atoms with Crippen LogP contribution in [0.2, 0.25) is 0 Å². The molecule has 0 saturated carbocycles. The minimum absolute atomic E-state index is 0.0577. The summed E-state index contributed by atoms with van der Waals surface area (Å²) in [5.41, 5.74) is -1.38. The van der Waals surface area contributed by atoms with Crippen molar-refractivity contribution >= 4 is 33.4 Å². The number of rotatable bonds is 2. The number of nitro groups is 1. The Labute approximate surface area is 117 Å². The van der Waals surface area contributed by atoms with Gasteiger partial charge in [0.2, 0.25) is 5.82 Å². The first-order valence-electron chi connectivity index (χ1n) is 5.23. The molecule has 0 spiro atoms. The van der Waals surface area contributed by atoms with E-state index in [4.69, 9.17) is 4.74 Å². The zero-order valence-corrected chi connectivity index (χ0v) is 12.1. The van der Waals surface area contributed by atoms with Gasteiger partial charge in [-0.15, -0.1) is 0 Å². The fourth-order valence-electron chi connectivity index (χ4n) is 1.19. The molecular weight excluding hydrogens is 323 g/mol. The lowest BCUT2D eigenvalue weighted by Crippen LogP contribution is -2.27. The highest BCUT2D eigenvalue weighted by molar-refractivity contribution is 9.10. The molecule has 0 fully saturated rings. The summed E-state index contributed by atoms with van der Waals surface area (Å²) in [5.74, 6) is -0.994. The molecule has 1 rings (SSSR count). The predicted molar refractivity (Wildman–Crippen MR) is 70.6 cm³/mol. The molecule has 1 amide bonds. The van der Waals surface area contributed by atoms with E-state index < -0.39 is 28.1 Å². The Morgan fingerprint density at radius 2 is 2.05 bits per heavy atom. The van der Waals surface area contributed by atoms with Crippen LogP contribution in [0.15, 0.2) is 16.6 Å². The van der Waals surface area contributed by atoms with Crippen LogP contribution in [0.25, 0.3) is 0 Å². The van der Waals surface area contributed by atoms with Gasteiger partial charge in [0.25, 0.3) is 0 Å². The Morgan fingerprint density at radius 1 is 1.47 bits per heavy atom. The van der Waals surface area contributed by atoms with Gasteiger partial charge in [-0.1, -0.05) is 0 Å². The van der Waals surface area contributed by atoms with E-state index in [-0.39, 0.29) is 10.2 Å². The predicted octanol–water partition coefficient (Wildman–Crippen LogP) is 3.84. The summed E-state index contributed by atoms with van der Waals surface area (Å²) in [6.45, 7) is 5.03. The van der Waals surface area contributed by atoms with Gasteiger partial charge in [-0.3, -0.25) is 15.4 Å². The van der Waals surface area contributed by atoms with Crippen molar-refractivity contribution in [1.29, 1.82) is 0 Å². The largest absolute Gasteiger partial charge is 0.444 e. The molecule has 1 aromatic carbocycles. The van der Waals surface area contributed by atoms with E-state index >= 15 is 0 Å². The second kappa shape index (κ2) is 5.52. The fraction of sp³-hybridized carbons (Fsp3) is 0.364. The molecule has 1 N–H and O–H groups in total. The lowest BCUT2D eigenvalue weighted by atomic mass is 10.2. The van der Waals surface area contributed by atoms with Gasteiger partial charge in [0.1, 0.15) is 5.60 Å². The van der Waals surface area contributed by atoms with Crippen molar-refractivity contribution < 1.29 is 18.8 Å². The number of carbonyl (C=O) groups excluding carboxylic acids is 1. The normalized spacial score (nSPS) is 11.0. The SMILES string of the molecule is CC(C)(C)OC(=O)Nc1cc([N+](=O)[O-])c(F)cc1Br. The lowest BCUT2D eigenvalue weighted by molar-refractivity contribution is -0.387. The standard InChI is InChI=1S/C11H12BrFN2O4/c1-11(2,3)19-10(16)14-8-5-9(15(17)18)7(13)4-6(8)12/h4-5H,1-3H3,(H,14,16). The zero-order chi connectivity index (χ0) is 14.8. The molecule has 0 atom stereocenters. The van der Waals surface area contributed by atoms with E-state index in [1.54, 1.807) is 20.8 Å². The van der Waals surface area contributed by atoms with Crippen molar-refractivity contribution in [2.45, 2.75) is 26.4 Å². The Balaban J connectivity index is 2.99. The van der Waals surface area contributed by atoms with Crippen LogP contribution >= 0.6 is 15.9 Å². The second-order valence-electron chi connectivity index (χ2n) is 4.67. The minimum Gasteiger partial charge on any atom is -0.444 e. The van der Waals surface area contributed by atoms with Crippen LogP contribution in [0.4, 0.5) is 20.6 Å². The summed E-state index contributed by atoms with van der Waals surface area (Å²) in [6.07, 6.45) is -0.783. The summed E-state index contributed by atoms with van der Waals surface area (Å²) < 4.78 is 18.4. The van der Waals surface area contributed by atoms with Crippen LogP contribution in [-0.4, -0.2) is 16.6 Å². The average molecular weight is 335 g/mol. The van der Waals surface area contributed by atoms with Crippen LogP contribution in [0.1, 0.15) is 20.8 Å². The number of carbonyl (C=O) groups is 1. The third kappa shape index (κ3) is 4.47. The molecule has 0 saturated heterocycles. The van der Waals surface area contributed by atoms with Gasteiger partial charge in [-0.05, 0) is 42.8 Å². The maximum atomic E-state index is 13.3. The zero-order valence-electron chi connectivity index (χ0n) is 10.5. The number of nitrogens with one attached hydrogen (secondary N) is 1. The number of hydrogen-bond donors (Lipinski definition) is 1. The smallest absolute Gasteiger partial charge is 0.412 e. The molecule has 0 aromatic heterocycles. The third-order valence-corrected chi connectivity index (χ3v) is 2.52. The first-order chi connectivity index (χ1) is 8.60. The molecule has 19 heavy (non-hydrogen) atoms. The van der Waals surface area contributed by atoms with Crippen LogP contribution in [0.5, 0.6) is 0 Å². The number of halogens is 2. The first kappa shape index (κ1) is 15.4. The molecule has 104 valence electrons. The first-order valence-corrected chi connectivity index (χ1v) is 6.03. The van der Waals surface area contributed by atoms with Gasteiger partial charge in [-0.2, -0.15) is 4.39 Å². The van der Waals surface area contributed by atoms with Crippen molar-refractivity contribution in [1.82, 2.24) is 0 Å². The van der Waals surface area contributed by atoms with Crippen molar-refractivity contribution in [3.8, 4) is 0 Å². The average Bonchev–Trinajstić information content (AvgIpc) is 2.18. The van der Waals surface area contributed by atoms with Gasteiger partial charge in [-0.25, -0.2) is 4.79 Å². The highest BCUT2D eigenvalue weighted by Crippen LogP contribution is 2.30. The van der Waals surface area contributed by atoms with Gasteiger partial charge in [0.05, 0.1) is 10.6 Å². The number of nitrogens with zero attached hydrogens (tertiary/aromatic N) is 1. The summed E-state index contributed by atoms with van der Waals surface area (Å²) in [7, 11) is 0. The molecule has 6 nitrogen and oxygen atoms in total. The minimum atomic E-state index is -0.994. The monoisotopic (exact) mass is 334 g/mol. The Kier molecular flexibility index (Phi) is 4.46. The van der Waals surface area contributed by atoms with Crippen LogP contribution < -0.4 is 5.32 Å². The molecule has 0 heterocycles. The van der Waals surface area contributed by atoms with E-state index in [0.717, 1.165) is 12.1 Å². The summed E-state index contributed by atoms with van der Waals surface area (Å²) in [5, 5.41) is 12.9. The maximum Gasteiger partial charge on any atom is 0.412 e. The van der Waals surface area contributed by atoms with Gasteiger partial charge in [0.15, 0.2) is 0 Å². The van der Waals surface area contributed by atoms with Gasteiger partial charge in [0, 0.05) is 10.5 Å². The second-order valence-corrected chi connectivity index (χ2v) is 5.52. The van der Waals surface area contributed by atoms with Crippen LogP contribution in [0, 0.1) is 15.9 Å². The molecule has 0 unspecified atom stereocenters. The van der Waals surface area contributed by atoms with Crippen LogP contribution in [0.3, 0.4) is 0 Å². The van der Waals surface area contributed by atoms with Crippen molar-refractivity contribution in [2.24, 2.45) is 0 Å². The van der Waals surface area contributed by atoms with E-state index in [1.165, 1.54) is 0 Å². The van der Waals surface area contributed by atoms with Crippen molar-refractivity contribution in [2.75, 3.05) is 5.32 Å². The summed E-state index contributed by atoms with van der Waals surface area (Å²) in [4.78, 5) is 21.3. The highest BCUT2D eigenvalue weighted by atomic mass is 79.9. The third-order valence-electron chi connectivity index (χ3n) is 1.87. The number of benzene rings is 1. The summed E-state index contributed by atoms with van der Waals surface area (Å²) >= 11 is 3.01. The fourth-order valence-corrected chi connectivity index (χ4v) is 1.60. The topological polar surface area (TPSA) is 81.5 Å². The summed E-state index contributed by atoms with van der Waals surface area (Å²) in [6, 6.07) is 1.83. The Morgan fingerprint density at radius 3 is 2.53 bits per heavy atom. The Bertz CT molecular complexity index is 528. The van der Waals surface area contributed by atoms with Crippen LogP contribution in [-0.2, 0) is 4.74 Å². The number of ether oxygens (including phenoxy) is 1. The van der Waals surface area contributed by atoms with E-state index in [2.05, 4.69) is 21.2 Å². The quantitative estimate of drug-likeness (QED) is 0.657. The molecule has 0 aliphatic heterocycles. The number of amides is 1. The highest BCUT2D eigenvalue weighted by Gasteiger charge is 2.21. The van der Waals surface area contributed by atoms with Gasteiger partial charge >= 0.3 is 11.8 Å². The molecule has 8 heteroatoms. The van der Waals surface area contributed by atoms with E-state index in [9.17, 15) is 19.3 Å². The van der Waals surface area contributed by atoms with Crippen molar-refractivity contribution in [3.05, 3.63) is 32.5 Å². The lowest BCUT2D eigenvalue weighted by Gasteiger charge is -2.20. The maximum absolute atomic E-state index is 13.3. The van der Waals surface area contributed by atoms with E-state index in [0.29, 0.717) is 0 Å². The van der Waals surface area contributed by atoms with Gasteiger partial charge < -0.3 is 4.74 Å².